The monoisotopic (exact) mass is 828 g/mol. The van der Waals surface area contributed by atoms with Crippen molar-refractivity contribution in [1.82, 2.24) is 9.13 Å². The van der Waals surface area contributed by atoms with Crippen LogP contribution in [0.2, 0.25) is 0 Å². The van der Waals surface area contributed by atoms with E-state index in [-0.39, 0.29) is 5.41 Å². The Kier molecular flexibility index (Phi) is 8.29. The quantitative estimate of drug-likeness (QED) is 0.158. The third-order valence-electron chi connectivity index (χ3n) is 14.1. The lowest BCUT2D eigenvalue weighted by molar-refractivity contribution is 0.661. The Morgan fingerprint density at radius 3 is 1.46 bits per heavy atom. The van der Waals surface area contributed by atoms with E-state index >= 15 is 0 Å². The average molecular weight is 829 g/mol. The van der Waals surface area contributed by atoms with Crippen LogP contribution in [-0.2, 0) is 5.41 Å². The Bertz CT molecular complexity index is 3770. The van der Waals surface area contributed by atoms with Crippen LogP contribution in [-0.4, -0.2) is 9.13 Å². The second kappa shape index (κ2) is 14.4. The zero-order valence-corrected chi connectivity index (χ0v) is 36.3. The van der Waals surface area contributed by atoms with Crippen molar-refractivity contribution < 1.29 is 0 Å². The molecule has 65 heavy (non-hydrogen) atoms. The largest absolute Gasteiger partial charge is 0.309 e. The Labute approximate surface area is 378 Å². The van der Waals surface area contributed by atoms with Crippen molar-refractivity contribution in [2.24, 2.45) is 0 Å². The van der Waals surface area contributed by atoms with Gasteiger partial charge in [-0.1, -0.05) is 178 Å². The lowest BCUT2D eigenvalue weighted by Gasteiger charge is -2.22. The first kappa shape index (κ1) is 37.4. The predicted octanol–water partition coefficient (Wildman–Crippen LogP) is 16.9. The van der Waals surface area contributed by atoms with Gasteiger partial charge >= 0.3 is 0 Å². The molecule has 0 N–H and O–H groups in total. The molecule has 0 saturated carbocycles. The number of para-hydroxylation sites is 3. The summed E-state index contributed by atoms with van der Waals surface area (Å²) in [5.41, 5.74) is 22.0. The zero-order chi connectivity index (χ0) is 43.2. The van der Waals surface area contributed by atoms with Gasteiger partial charge in [0, 0.05) is 38.3 Å². The first-order valence-electron chi connectivity index (χ1n) is 22.7. The van der Waals surface area contributed by atoms with Crippen molar-refractivity contribution in [3.8, 4) is 67.0 Å². The molecular weight excluding hydrogens is 785 g/mol. The standard InChI is InChI=1S/C63H44N2/c1-63(2)56-28-13-9-24-48(56)54-39-55-51-27-12-16-31-60(51)65(61(55)40-57(54)63)47-23-17-22-44(36-47)53-38-45(37-52(42-18-5-3-6-19-42)62(53)43-20-7-4-8-21-43)41-32-34-46(35-33-41)64-58-29-14-10-25-49(58)50-26-11-15-30-59(50)64/h3-40H,1-2H3. The topological polar surface area (TPSA) is 9.86 Å². The Hall–Kier alpha value is -8.20. The van der Waals surface area contributed by atoms with Crippen LogP contribution in [0.5, 0.6) is 0 Å². The summed E-state index contributed by atoms with van der Waals surface area (Å²) in [6, 6.07) is 85.2. The maximum atomic E-state index is 2.49. The van der Waals surface area contributed by atoms with Crippen molar-refractivity contribution in [3.63, 3.8) is 0 Å². The van der Waals surface area contributed by atoms with Gasteiger partial charge < -0.3 is 9.13 Å². The highest BCUT2D eigenvalue weighted by Crippen LogP contribution is 2.51. The maximum absolute atomic E-state index is 2.49. The molecule has 12 aromatic rings. The van der Waals surface area contributed by atoms with Gasteiger partial charge in [0.2, 0.25) is 0 Å². The minimum Gasteiger partial charge on any atom is -0.309 e. The van der Waals surface area contributed by atoms with Gasteiger partial charge in [-0.2, -0.15) is 0 Å². The summed E-state index contributed by atoms with van der Waals surface area (Å²) >= 11 is 0. The van der Waals surface area contributed by atoms with Gasteiger partial charge in [-0.3, -0.25) is 0 Å². The summed E-state index contributed by atoms with van der Waals surface area (Å²) in [4.78, 5) is 0. The highest BCUT2D eigenvalue weighted by atomic mass is 15.0. The fraction of sp³-hybridized carbons (Fsp3) is 0.0476. The van der Waals surface area contributed by atoms with Crippen LogP contribution in [0.3, 0.4) is 0 Å². The fourth-order valence-corrected chi connectivity index (χ4v) is 11.1. The highest BCUT2D eigenvalue weighted by molar-refractivity contribution is 6.12. The Morgan fingerprint density at radius 2 is 0.800 bits per heavy atom. The molecule has 0 spiro atoms. The van der Waals surface area contributed by atoms with E-state index < -0.39 is 0 Å². The van der Waals surface area contributed by atoms with E-state index in [1.54, 1.807) is 0 Å². The van der Waals surface area contributed by atoms with Crippen molar-refractivity contribution >= 4 is 43.6 Å². The zero-order valence-electron chi connectivity index (χ0n) is 36.3. The highest BCUT2D eigenvalue weighted by Gasteiger charge is 2.36. The molecule has 10 aromatic carbocycles. The number of benzene rings is 10. The molecule has 0 bridgehead atoms. The van der Waals surface area contributed by atoms with Crippen LogP contribution in [0.15, 0.2) is 231 Å². The van der Waals surface area contributed by atoms with Crippen molar-refractivity contribution in [2.45, 2.75) is 19.3 Å². The third-order valence-corrected chi connectivity index (χ3v) is 14.1. The van der Waals surface area contributed by atoms with Crippen LogP contribution in [0, 0.1) is 0 Å². The number of hydrogen-bond donors (Lipinski definition) is 0. The number of hydrogen-bond acceptors (Lipinski definition) is 0. The Balaban J connectivity index is 1.02. The minimum atomic E-state index is -0.107. The lowest BCUT2D eigenvalue weighted by atomic mass is 9.82. The van der Waals surface area contributed by atoms with E-state index in [0.717, 1.165) is 11.4 Å². The summed E-state index contributed by atoms with van der Waals surface area (Å²) in [7, 11) is 0. The van der Waals surface area contributed by atoms with Gasteiger partial charge in [0.25, 0.3) is 0 Å². The number of nitrogens with zero attached hydrogens (tertiary/aromatic N) is 2. The molecule has 0 unspecified atom stereocenters. The van der Waals surface area contributed by atoms with E-state index in [2.05, 4.69) is 254 Å². The summed E-state index contributed by atoms with van der Waals surface area (Å²) in [5, 5.41) is 5.07. The molecule has 306 valence electrons. The summed E-state index contributed by atoms with van der Waals surface area (Å²) in [5.74, 6) is 0. The first-order valence-corrected chi connectivity index (χ1v) is 22.7. The lowest BCUT2D eigenvalue weighted by Crippen LogP contribution is -2.14. The SMILES string of the molecule is CC1(C)c2ccccc2-c2cc3c4ccccc4n(-c4cccc(-c5cc(-c6ccc(-n7c8ccccc8c8ccccc87)cc6)cc(-c6ccccc6)c5-c5ccccc5)c4)c3cc21. The minimum absolute atomic E-state index is 0.107. The normalized spacial score (nSPS) is 12.9. The van der Waals surface area contributed by atoms with Gasteiger partial charge in [-0.25, -0.2) is 0 Å². The van der Waals surface area contributed by atoms with Gasteiger partial charge in [-0.05, 0) is 133 Å². The molecule has 2 heterocycles. The second-order valence-electron chi connectivity index (χ2n) is 18.1. The molecule has 2 aromatic heterocycles. The van der Waals surface area contributed by atoms with Gasteiger partial charge in [-0.15, -0.1) is 0 Å². The number of fused-ring (bicyclic) bond motifs is 9. The first-order chi connectivity index (χ1) is 32.0. The third kappa shape index (κ3) is 5.74. The molecule has 0 atom stereocenters. The van der Waals surface area contributed by atoms with Gasteiger partial charge in [0.15, 0.2) is 0 Å². The number of aromatic nitrogens is 2. The van der Waals surface area contributed by atoms with Crippen molar-refractivity contribution in [2.75, 3.05) is 0 Å². The fourth-order valence-electron chi connectivity index (χ4n) is 11.1. The Morgan fingerprint density at radius 1 is 0.277 bits per heavy atom. The molecule has 2 nitrogen and oxygen atoms in total. The van der Waals surface area contributed by atoms with E-state index in [0.29, 0.717) is 0 Å². The smallest absolute Gasteiger partial charge is 0.0544 e. The van der Waals surface area contributed by atoms with Crippen LogP contribution >= 0.6 is 0 Å². The summed E-state index contributed by atoms with van der Waals surface area (Å²) < 4.78 is 4.88. The molecule has 0 aliphatic heterocycles. The average Bonchev–Trinajstić information content (AvgIpc) is 3.96. The molecule has 1 aliphatic rings. The van der Waals surface area contributed by atoms with Crippen molar-refractivity contribution in [1.29, 1.82) is 0 Å². The van der Waals surface area contributed by atoms with Crippen LogP contribution < -0.4 is 0 Å². The van der Waals surface area contributed by atoms with Gasteiger partial charge in [0.1, 0.15) is 0 Å². The summed E-state index contributed by atoms with van der Waals surface area (Å²) in [6.07, 6.45) is 0. The molecule has 0 radical (unpaired) electrons. The molecule has 0 saturated heterocycles. The summed E-state index contributed by atoms with van der Waals surface area (Å²) in [6.45, 7) is 4.75. The van der Waals surface area contributed by atoms with E-state index in [4.69, 9.17) is 0 Å². The van der Waals surface area contributed by atoms with Crippen LogP contribution in [0.1, 0.15) is 25.0 Å². The molecule has 13 rings (SSSR count). The predicted molar refractivity (Wildman–Crippen MR) is 274 cm³/mol. The molecule has 0 amide bonds. The van der Waals surface area contributed by atoms with Crippen LogP contribution in [0.4, 0.5) is 0 Å². The molecule has 2 heteroatoms. The van der Waals surface area contributed by atoms with Crippen molar-refractivity contribution in [3.05, 3.63) is 242 Å². The molecule has 0 fully saturated rings. The van der Waals surface area contributed by atoms with Gasteiger partial charge in [0.05, 0.1) is 22.1 Å². The number of rotatable bonds is 6. The van der Waals surface area contributed by atoms with E-state index in [1.807, 2.05) is 0 Å². The van der Waals surface area contributed by atoms with E-state index in [9.17, 15) is 0 Å². The van der Waals surface area contributed by atoms with Crippen LogP contribution in [0.25, 0.3) is 111 Å². The molecule has 1 aliphatic carbocycles. The molecular formula is C63H44N2. The second-order valence-corrected chi connectivity index (χ2v) is 18.1. The van der Waals surface area contributed by atoms with E-state index in [1.165, 1.54) is 110 Å². The maximum Gasteiger partial charge on any atom is 0.0544 e.